The van der Waals surface area contributed by atoms with Crippen molar-refractivity contribution in [1.82, 2.24) is 0 Å². The lowest BCUT2D eigenvalue weighted by Crippen LogP contribution is -2.07. The summed E-state index contributed by atoms with van der Waals surface area (Å²) in [4.78, 5) is 0. The Morgan fingerprint density at radius 3 is 1.97 bits per heavy atom. The van der Waals surface area contributed by atoms with Crippen LogP contribution in [-0.2, 0) is 12.6 Å². The van der Waals surface area contributed by atoms with E-state index in [0.29, 0.717) is 11.6 Å². The van der Waals surface area contributed by atoms with E-state index in [-0.39, 0.29) is 11.1 Å². The van der Waals surface area contributed by atoms with E-state index in [0.717, 1.165) is 41.3 Å². The number of fused-ring (bicyclic) bond motifs is 1. The molecule has 4 rings (SSSR count). The summed E-state index contributed by atoms with van der Waals surface area (Å²) in [6, 6.07) is 19.2. The van der Waals surface area contributed by atoms with Gasteiger partial charge >= 0.3 is 6.18 Å². The first kappa shape index (κ1) is 23.0. The highest BCUT2D eigenvalue weighted by Crippen LogP contribution is 2.35. The summed E-state index contributed by atoms with van der Waals surface area (Å²) < 4.78 is 67.2. The smallest absolute Gasteiger partial charge is 0.206 e. The second-order valence-corrected chi connectivity index (χ2v) is 8.24. The van der Waals surface area contributed by atoms with Crippen LogP contribution in [0.2, 0.25) is 0 Å². The van der Waals surface area contributed by atoms with E-state index in [9.17, 15) is 22.0 Å². The molecule has 170 valence electrons. The van der Waals surface area contributed by atoms with Crippen LogP contribution in [0.15, 0.2) is 72.8 Å². The van der Waals surface area contributed by atoms with Gasteiger partial charge in [0, 0.05) is 5.56 Å². The molecule has 0 unspecified atom stereocenters. The summed E-state index contributed by atoms with van der Waals surface area (Å²) >= 11 is 0. The Hall–Kier alpha value is -3.21. The molecule has 0 fully saturated rings. The molecule has 0 nitrogen and oxygen atoms in total. The predicted octanol–water partition coefficient (Wildman–Crippen LogP) is 9.20. The second-order valence-electron chi connectivity index (χ2n) is 8.24. The number of halogens is 5. The molecule has 0 amide bonds. The zero-order valence-electron chi connectivity index (χ0n) is 18.1. The highest BCUT2D eigenvalue weighted by atomic mass is 19.4. The average molecular weight is 454 g/mol. The van der Waals surface area contributed by atoms with Crippen molar-refractivity contribution in [2.75, 3.05) is 0 Å². The van der Waals surface area contributed by atoms with Crippen molar-refractivity contribution in [2.45, 2.75) is 38.8 Å². The van der Waals surface area contributed by atoms with E-state index in [1.807, 2.05) is 18.2 Å². The fourth-order valence-corrected chi connectivity index (χ4v) is 4.05. The molecule has 5 heteroatoms. The molecular formula is C28H23F5. The molecule has 0 saturated carbocycles. The number of hydrogen-bond acceptors (Lipinski definition) is 0. The molecule has 0 radical (unpaired) electrons. The van der Waals surface area contributed by atoms with E-state index in [4.69, 9.17) is 0 Å². The Bertz CT molecular complexity index is 1290. The van der Waals surface area contributed by atoms with Gasteiger partial charge in [0.2, 0.25) is 0 Å². The lowest BCUT2D eigenvalue weighted by atomic mass is 9.96. The molecule has 4 aromatic rings. The molecule has 0 bridgehead atoms. The van der Waals surface area contributed by atoms with Crippen molar-refractivity contribution in [3.8, 4) is 22.3 Å². The van der Waals surface area contributed by atoms with Gasteiger partial charge in [-0.2, -0.15) is 13.2 Å². The van der Waals surface area contributed by atoms with Gasteiger partial charge in [0.15, 0.2) is 0 Å². The number of benzene rings is 4. The third-order valence-electron chi connectivity index (χ3n) is 5.86. The Balaban J connectivity index is 1.61. The molecule has 0 aliphatic rings. The number of rotatable bonds is 6. The molecule has 33 heavy (non-hydrogen) atoms. The molecule has 0 saturated heterocycles. The lowest BCUT2D eigenvalue weighted by Gasteiger charge is -2.11. The van der Waals surface area contributed by atoms with Crippen molar-refractivity contribution in [3.63, 3.8) is 0 Å². The fourth-order valence-electron chi connectivity index (χ4n) is 4.05. The maximum Gasteiger partial charge on any atom is 0.419 e. The Kier molecular flexibility index (Phi) is 6.50. The van der Waals surface area contributed by atoms with Gasteiger partial charge in [0.1, 0.15) is 11.6 Å². The van der Waals surface area contributed by atoms with Gasteiger partial charge in [-0.3, -0.25) is 0 Å². The van der Waals surface area contributed by atoms with Crippen LogP contribution in [0.4, 0.5) is 22.0 Å². The minimum atomic E-state index is -4.79. The Morgan fingerprint density at radius 2 is 1.27 bits per heavy atom. The van der Waals surface area contributed by atoms with Gasteiger partial charge in [-0.1, -0.05) is 68.3 Å². The van der Waals surface area contributed by atoms with E-state index >= 15 is 0 Å². The first-order valence-corrected chi connectivity index (χ1v) is 11.0. The standard InChI is InChI=1S/C28H23F5/c1-2-3-4-5-18-6-7-20-15-21(9-8-19(20)14-18)22-10-12-24(26(29)16-22)23-11-13-25(27(30)17-23)28(31,32)33/h6-17H,2-5H2,1H3. The van der Waals surface area contributed by atoms with Crippen molar-refractivity contribution < 1.29 is 22.0 Å². The molecule has 0 N–H and O–H groups in total. The Labute approximate surface area is 189 Å². The molecule has 0 aliphatic heterocycles. The van der Waals surface area contributed by atoms with Crippen LogP contribution in [0.1, 0.15) is 37.3 Å². The summed E-state index contributed by atoms with van der Waals surface area (Å²) in [5.41, 5.74) is 1.49. The summed E-state index contributed by atoms with van der Waals surface area (Å²) in [5, 5.41) is 2.16. The third-order valence-corrected chi connectivity index (χ3v) is 5.86. The largest absolute Gasteiger partial charge is 0.419 e. The van der Waals surface area contributed by atoms with E-state index in [2.05, 4.69) is 25.1 Å². The average Bonchev–Trinajstić information content (AvgIpc) is 2.78. The van der Waals surface area contributed by atoms with E-state index in [1.54, 1.807) is 6.07 Å². The fraction of sp³-hybridized carbons (Fsp3) is 0.214. The lowest BCUT2D eigenvalue weighted by molar-refractivity contribution is -0.139. The first-order chi connectivity index (χ1) is 15.8. The summed E-state index contributed by atoms with van der Waals surface area (Å²) in [5.74, 6) is -2.05. The highest BCUT2D eigenvalue weighted by Gasteiger charge is 2.34. The maximum atomic E-state index is 14.9. The number of unbranched alkanes of at least 4 members (excludes halogenated alkanes) is 2. The van der Waals surface area contributed by atoms with Gasteiger partial charge in [0.25, 0.3) is 0 Å². The first-order valence-electron chi connectivity index (χ1n) is 11.0. The Morgan fingerprint density at radius 1 is 0.636 bits per heavy atom. The minimum absolute atomic E-state index is 0.0453. The van der Waals surface area contributed by atoms with Gasteiger partial charge in [0.05, 0.1) is 5.56 Å². The van der Waals surface area contributed by atoms with Crippen molar-refractivity contribution in [2.24, 2.45) is 0 Å². The molecule has 0 aromatic heterocycles. The van der Waals surface area contributed by atoms with E-state index < -0.39 is 23.4 Å². The zero-order chi connectivity index (χ0) is 23.6. The van der Waals surface area contributed by atoms with Crippen molar-refractivity contribution in [3.05, 3.63) is 95.6 Å². The third kappa shape index (κ3) is 5.08. The monoisotopic (exact) mass is 454 g/mol. The topological polar surface area (TPSA) is 0 Å². The van der Waals surface area contributed by atoms with Crippen LogP contribution in [0.5, 0.6) is 0 Å². The zero-order valence-corrected chi connectivity index (χ0v) is 18.1. The minimum Gasteiger partial charge on any atom is -0.206 e. The van der Waals surface area contributed by atoms with Crippen molar-refractivity contribution in [1.29, 1.82) is 0 Å². The van der Waals surface area contributed by atoms with Crippen LogP contribution in [0, 0.1) is 11.6 Å². The number of aryl methyl sites for hydroxylation is 1. The number of alkyl halides is 3. The summed E-state index contributed by atoms with van der Waals surface area (Å²) in [6.45, 7) is 2.18. The highest BCUT2D eigenvalue weighted by molar-refractivity contribution is 5.88. The predicted molar refractivity (Wildman–Crippen MR) is 123 cm³/mol. The molecule has 0 atom stereocenters. The summed E-state index contributed by atoms with van der Waals surface area (Å²) in [6.07, 6.45) is -0.202. The normalized spacial score (nSPS) is 11.8. The summed E-state index contributed by atoms with van der Waals surface area (Å²) in [7, 11) is 0. The van der Waals surface area contributed by atoms with Crippen LogP contribution in [0.3, 0.4) is 0 Å². The quantitative estimate of drug-likeness (QED) is 0.201. The van der Waals surface area contributed by atoms with E-state index in [1.165, 1.54) is 30.5 Å². The van der Waals surface area contributed by atoms with Crippen LogP contribution < -0.4 is 0 Å². The SMILES string of the molecule is CCCCCc1ccc2cc(-c3ccc(-c4ccc(C(F)(F)F)c(F)c4)c(F)c3)ccc2c1. The molecule has 0 heterocycles. The molecule has 0 spiro atoms. The van der Waals surface area contributed by atoms with Gasteiger partial charge < -0.3 is 0 Å². The maximum absolute atomic E-state index is 14.9. The van der Waals surface area contributed by atoms with Gasteiger partial charge in [-0.25, -0.2) is 8.78 Å². The van der Waals surface area contributed by atoms with Crippen LogP contribution in [0.25, 0.3) is 33.0 Å². The van der Waals surface area contributed by atoms with Gasteiger partial charge in [-0.05, 0) is 70.1 Å². The van der Waals surface area contributed by atoms with Crippen LogP contribution in [-0.4, -0.2) is 0 Å². The van der Waals surface area contributed by atoms with Crippen LogP contribution >= 0.6 is 0 Å². The molecular weight excluding hydrogens is 431 g/mol. The number of hydrogen-bond donors (Lipinski definition) is 0. The molecule has 0 aliphatic carbocycles. The van der Waals surface area contributed by atoms with Gasteiger partial charge in [-0.15, -0.1) is 0 Å². The second kappa shape index (κ2) is 9.34. The van der Waals surface area contributed by atoms with Crippen molar-refractivity contribution >= 4 is 10.8 Å². The molecule has 4 aromatic carbocycles.